The van der Waals surface area contributed by atoms with Crippen LogP contribution in [0, 0.1) is 27.7 Å². The summed E-state index contributed by atoms with van der Waals surface area (Å²) in [6.07, 6.45) is 1.73. The van der Waals surface area contributed by atoms with E-state index in [0.29, 0.717) is 6.54 Å². The lowest BCUT2D eigenvalue weighted by atomic mass is 10.1. The molecule has 0 saturated carbocycles. The molecule has 6 nitrogen and oxygen atoms in total. The SMILES string of the molecule is Cc1ccc(-n2c(C)cc(/C=N\NC(=O)C[NH+]3CCOCC3)c2C)c(C)c1. The second kappa shape index (κ2) is 8.50. The quantitative estimate of drug-likeness (QED) is 0.612. The zero-order chi connectivity index (χ0) is 19.4. The number of aromatic nitrogens is 1. The highest BCUT2D eigenvalue weighted by Gasteiger charge is 2.17. The molecule has 1 aromatic carbocycles. The Bertz CT molecular complexity index is 848. The fourth-order valence-corrected chi connectivity index (χ4v) is 3.62. The van der Waals surface area contributed by atoms with Crippen molar-refractivity contribution in [1.29, 1.82) is 0 Å². The van der Waals surface area contributed by atoms with Crippen molar-refractivity contribution in [3.63, 3.8) is 0 Å². The van der Waals surface area contributed by atoms with E-state index < -0.39 is 0 Å². The van der Waals surface area contributed by atoms with Gasteiger partial charge in [-0.2, -0.15) is 5.10 Å². The number of quaternary nitrogens is 1. The van der Waals surface area contributed by atoms with Crippen LogP contribution in [0.1, 0.15) is 28.1 Å². The average Bonchev–Trinajstić information content (AvgIpc) is 2.90. The van der Waals surface area contributed by atoms with Gasteiger partial charge >= 0.3 is 0 Å². The first kappa shape index (κ1) is 19.3. The van der Waals surface area contributed by atoms with Crippen LogP contribution in [0.5, 0.6) is 0 Å². The molecule has 27 heavy (non-hydrogen) atoms. The van der Waals surface area contributed by atoms with Gasteiger partial charge in [0.1, 0.15) is 13.1 Å². The summed E-state index contributed by atoms with van der Waals surface area (Å²) >= 11 is 0. The third kappa shape index (κ3) is 4.64. The summed E-state index contributed by atoms with van der Waals surface area (Å²) in [5.41, 5.74) is 9.58. The Morgan fingerprint density at radius 2 is 1.96 bits per heavy atom. The molecule has 144 valence electrons. The number of ether oxygens (including phenoxy) is 1. The number of amides is 1. The van der Waals surface area contributed by atoms with E-state index in [1.807, 2.05) is 0 Å². The molecule has 0 atom stereocenters. The third-order valence-corrected chi connectivity index (χ3v) is 5.07. The minimum absolute atomic E-state index is 0.0636. The van der Waals surface area contributed by atoms with Crippen molar-refractivity contribution in [2.24, 2.45) is 5.10 Å². The Labute approximate surface area is 160 Å². The molecule has 1 aromatic heterocycles. The summed E-state index contributed by atoms with van der Waals surface area (Å²) in [7, 11) is 0. The van der Waals surface area contributed by atoms with E-state index >= 15 is 0 Å². The summed E-state index contributed by atoms with van der Waals surface area (Å²) in [6.45, 7) is 12.0. The van der Waals surface area contributed by atoms with E-state index in [-0.39, 0.29) is 5.91 Å². The maximum atomic E-state index is 12.1. The number of hydrogen-bond donors (Lipinski definition) is 2. The van der Waals surface area contributed by atoms with Gasteiger partial charge in [-0.05, 0) is 45.4 Å². The smallest absolute Gasteiger partial charge is 0.295 e. The second-order valence-corrected chi connectivity index (χ2v) is 7.28. The van der Waals surface area contributed by atoms with Gasteiger partial charge in [0.15, 0.2) is 6.54 Å². The van der Waals surface area contributed by atoms with Gasteiger partial charge in [0.2, 0.25) is 0 Å². The number of aryl methyl sites for hydroxylation is 3. The summed E-state index contributed by atoms with van der Waals surface area (Å²) in [5.74, 6) is -0.0636. The predicted molar refractivity (Wildman–Crippen MR) is 107 cm³/mol. The number of nitrogens with one attached hydrogen (secondary N) is 2. The molecule has 1 amide bonds. The molecule has 0 radical (unpaired) electrons. The van der Waals surface area contributed by atoms with Crippen LogP contribution in [0.15, 0.2) is 29.4 Å². The minimum atomic E-state index is -0.0636. The number of nitrogens with zero attached hydrogens (tertiary/aromatic N) is 2. The number of hydrazone groups is 1. The zero-order valence-corrected chi connectivity index (χ0v) is 16.6. The molecule has 3 rings (SSSR count). The van der Waals surface area contributed by atoms with Crippen molar-refractivity contribution >= 4 is 12.1 Å². The van der Waals surface area contributed by atoms with Gasteiger partial charge in [0, 0.05) is 22.6 Å². The van der Waals surface area contributed by atoms with Gasteiger partial charge in [0.25, 0.3) is 5.91 Å². The molecular formula is C21H29N4O2+. The number of hydrogen-bond acceptors (Lipinski definition) is 3. The van der Waals surface area contributed by atoms with Crippen LogP contribution < -0.4 is 10.3 Å². The molecule has 2 heterocycles. The first-order valence-corrected chi connectivity index (χ1v) is 9.45. The van der Waals surface area contributed by atoms with E-state index in [0.717, 1.165) is 43.3 Å². The van der Waals surface area contributed by atoms with Crippen LogP contribution in [0.2, 0.25) is 0 Å². The number of morpholine rings is 1. The van der Waals surface area contributed by atoms with Crippen LogP contribution in [-0.2, 0) is 9.53 Å². The summed E-state index contributed by atoms with van der Waals surface area (Å²) in [6, 6.07) is 8.56. The number of carbonyl (C=O) groups is 1. The summed E-state index contributed by atoms with van der Waals surface area (Å²) < 4.78 is 7.55. The Morgan fingerprint density at radius 1 is 1.22 bits per heavy atom. The molecule has 1 aliphatic heterocycles. The molecule has 6 heteroatoms. The molecule has 2 aromatic rings. The van der Waals surface area contributed by atoms with Crippen LogP contribution in [-0.4, -0.2) is 49.5 Å². The van der Waals surface area contributed by atoms with E-state index in [1.165, 1.54) is 21.7 Å². The van der Waals surface area contributed by atoms with Crippen LogP contribution >= 0.6 is 0 Å². The lowest BCUT2D eigenvalue weighted by molar-refractivity contribution is -0.900. The highest BCUT2D eigenvalue weighted by Crippen LogP contribution is 2.23. The fraction of sp³-hybridized carbons (Fsp3) is 0.429. The molecule has 0 bridgehead atoms. The van der Waals surface area contributed by atoms with Gasteiger partial charge in [-0.25, -0.2) is 5.43 Å². The maximum Gasteiger partial charge on any atom is 0.295 e. The monoisotopic (exact) mass is 369 g/mol. The fourth-order valence-electron chi connectivity index (χ4n) is 3.62. The molecule has 1 saturated heterocycles. The number of rotatable bonds is 5. The Kier molecular flexibility index (Phi) is 6.08. The Hall–Kier alpha value is -2.44. The molecule has 2 N–H and O–H groups in total. The first-order valence-electron chi connectivity index (χ1n) is 9.45. The van der Waals surface area contributed by atoms with Crippen molar-refractivity contribution in [1.82, 2.24) is 9.99 Å². The van der Waals surface area contributed by atoms with Gasteiger partial charge in [-0.3, -0.25) is 4.79 Å². The zero-order valence-electron chi connectivity index (χ0n) is 16.6. The van der Waals surface area contributed by atoms with Crippen molar-refractivity contribution in [3.8, 4) is 5.69 Å². The van der Waals surface area contributed by atoms with Crippen LogP contribution in [0.4, 0.5) is 0 Å². The highest BCUT2D eigenvalue weighted by atomic mass is 16.5. The van der Waals surface area contributed by atoms with Gasteiger partial charge < -0.3 is 14.2 Å². The topological polar surface area (TPSA) is 60.1 Å². The van der Waals surface area contributed by atoms with Crippen LogP contribution in [0.25, 0.3) is 5.69 Å². The Morgan fingerprint density at radius 3 is 2.67 bits per heavy atom. The first-order chi connectivity index (χ1) is 13.0. The normalized spacial score (nSPS) is 15.4. The molecular weight excluding hydrogens is 340 g/mol. The predicted octanol–water partition coefficient (Wildman–Crippen LogP) is 1.08. The largest absolute Gasteiger partial charge is 0.370 e. The average molecular weight is 369 g/mol. The van der Waals surface area contributed by atoms with Crippen molar-refractivity contribution in [3.05, 3.63) is 52.3 Å². The van der Waals surface area contributed by atoms with Gasteiger partial charge in [0.05, 0.1) is 19.4 Å². The van der Waals surface area contributed by atoms with E-state index in [9.17, 15) is 4.79 Å². The van der Waals surface area contributed by atoms with E-state index in [2.05, 4.69) is 67.1 Å². The minimum Gasteiger partial charge on any atom is -0.370 e. The van der Waals surface area contributed by atoms with Gasteiger partial charge in [-0.1, -0.05) is 17.7 Å². The lowest BCUT2D eigenvalue weighted by Crippen LogP contribution is -3.15. The van der Waals surface area contributed by atoms with E-state index in [1.54, 1.807) is 6.21 Å². The summed E-state index contributed by atoms with van der Waals surface area (Å²) in [5, 5.41) is 4.17. The standard InChI is InChI=1S/C21H28N4O2/c1-15-5-6-20(16(2)11-15)25-17(3)12-19(18(25)4)13-22-23-21(26)14-24-7-9-27-10-8-24/h5-6,11-13H,7-10,14H2,1-4H3,(H,23,26)/p+1/b22-13-. The van der Waals surface area contributed by atoms with E-state index in [4.69, 9.17) is 4.74 Å². The highest BCUT2D eigenvalue weighted by molar-refractivity contribution is 5.84. The molecule has 1 fully saturated rings. The third-order valence-electron chi connectivity index (χ3n) is 5.07. The van der Waals surface area contributed by atoms with Crippen molar-refractivity contribution in [2.75, 3.05) is 32.8 Å². The second-order valence-electron chi connectivity index (χ2n) is 7.28. The van der Waals surface area contributed by atoms with Crippen molar-refractivity contribution < 1.29 is 14.4 Å². The van der Waals surface area contributed by atoms with Gasteiger partial charge in [-0.15, -0.1) is 0 Å². The number of benzene rings is 1. The Balaban J connectivity index is 1.69. The maximum absolute atomic E-state index is 12.1. The summed E-state index contributed by atoms with van der Waals surface area (Å²) in [4.78, 5) is 13.3. The molecule has 1 aliphatic rings. The molecule has 0 aliphatic carbocycles. The lowest BCUT2D eigenvalue weighted by Gasteiger charge is -2.22. The molecule has 0 spiro atoms. The van der Waals surface area contributed by atoms with Crippen molar-refractivity contribution in [2.45, 2.75) is 27.7 Å². The van der Waals surface area contributed by atoms with Crippen LogP contribution in [0.3, 0.4) is 0 Å². The number of carbonyl (C=O) groups excluding carboxylic acids is 1. The molecule has 0 unspecified atom stereocenters.